The highest BCUT2D eigenvalue weighted by Crippen LogP contribution is 2.26. The van der Waals surface area contributed by atoms with Gasteiger partial charge in [-0.1, -0.05) is 95.3 Å². The maximum absolute atomic E-state index is 13.5. The zero-order valence-corrected chi connectivity index (χ0v) is 23.5. The minimum absolute atomic E-state index is 0.0932. The Bertz CT molecular complexity index is 1190. The highest BCUT2D eigenvalue weighted by Gasteiger charge is 2.23. The molecule has 2 aliphatic rings. The van der Waals surface area contributed by atoms with Crippen molar-refractivity contribution in [1.29, 1.82) is 0 Å². The summed E-state index contributed by atoms with van der Waals surface area (Å²) in [6.45, 7) is 10.4. The Morgan fingerprint density at radius 3 is 2.16 bits per heavy atom. The molecule has 0 saturated heterocycles. The molecule has 2 aliphatic heterocycles. The number of halogens is 2. The van der Waals surface area contributed by atoms with Crippen LogP contribution >= 0.6 is 0 Å². The first kappa shape index (κ1) is 29.2. The Morgan fingerprint density at radius 1 is 0.947 bits per heavy atom. The molecule has 0 aliphatic carbocycles. The molecule has 2 heterocycles. The number of amidine groups is 1. The predicted molar refractivity (Wildman–Crippen MR) is 158 cm³/mol. The fraction of sp³-hybridized carbons (Fsp3) is 0.394. The molecule has 3 nitrogen and oxygen atoms in total. The summed E-state index contributed by atoms with van der Waals surface area (Å²) in [6.07, 6.45) is 8.21. The van der Waals surface area contributed by atoms with Gasteiger partial charge in [0.05, 0.1) is 5.71 Å². The Hall–Kier alpha value is -3.34. The van der Waals surface area contributed by atoms with Gasteiger partial charge in [-0.05, 0) is 47.4 Å². The van der Waals surface area contributed by atoms with Crippen LogP contribution in [0.25, 0.3) is 11.1 Å². The largest absolute Gasteiger partial charge is 0.371 e. The van der Waals surface area contributed by atoms with Crippen molar-refractivity contribution < 1.29 is 8.78 Å². The van der Waals surface area contributed by atoms with Crippen molar-refractivity contribution in [3.8, 4) is 11.1 Å². The fourth-order valence-electron chi connectivity index (χ4n) is 4.47. The Balaban J connectivity index is 0.00000195. The highest BCUT2D eigenvalue weighted by molar-refractivity contribution is 6.19. The Morgan fingerprint density at radius 2 is 1.58 bits per heavy atom. The van der Waals surface area contributed by atoms with Crippen LogP contribution in [0.2, 0.25) is 0 Å². The van der Waals surface area contributed by atoms with Crippen molar-refractivity contribution >= 4 is 11.5 Å². The molecular weight excluding hydrogens is 476 g/mol. The summed E-state index contributed by atoms with van der Waals surface area (Å²) in [7, 11) is 0. The number of allylic oxidation sites excluding steroid dienone is 3. The van der Waals surface area contributed by atoms with Crippen molar-refractivity contribution in [3.63, 3.8) is 0 Å². The zero-order chi connectivity index (χ0) is 27.5. The molecule has 2 aromatic rings. The molecule has 0 unspecified atom stereocenters. The van der Waals surface area contributed by atoms with Crippen molar-refractivity contribution in [2.75, 3.05) is 19.9 Å². The Labute approximate surface area is 227 Å². The first-order chi connectivity index (χ1) is 18.5. The molecule has 0 spiro atoms. The lowest BCUT2D eigenvalue weighted by molar-refractivity contribution is 0.367. The summed E-state index contributed by atoms with van der Waals surface area (Å²) < 4.78 is 26.9. The molecule has 0 amide bonds. The second-order valence-corrected chi connectivity index (χ2v) is 9.65. The molecule has 2 aromatic carbocycles. The third-order valence-corrected chi connectivity index (χ3v) is 6.64. The van der Waals surface area contributed by atoms with Gasteiger partial charge in [0.15, 0.2) is 5.84 Å². The van der Waals surface area contributed by atoms with Gasteiger partial charge in [-0.15, -0.1) is 0 Å². The van der Waals surface area contributed by atoms with Crippen LogP contribution in [-0.4, -0.2) is 36.3 Å². The molecule has 0 atom stereocenters. The molecule has 38 heavy (non-hydrogen) atoms. The van der Waals surface area contributed by atoms with E-state index in [9.17, 15) is 8.78 Å². The summed E-state index contributed by atoms with van der Waals surface area (Å²) in [4.78, 5) is 11.6. The minimum Gasteiger partial charge on any atom is -0.371 e. The van der Waals surface area contributed by atoms with E-state index in [4.69, 9.17) is 4.99 Å². The molecule has 4 rings (SSSR count). The number of hydrogen-bond acceptors (Lipinski definition) is 3. The van der Waals surface area contributed by atoms with Crippen molar-refractivity contribution in [3.05, 3.63) is 94.9 Å². The van der Waals surface area contributed by atoms with E-state index in [1.54, 1.807) is 6.08 Å². The maximum atomic E-state index is 13.5. The third kappa shape index (κ3) is 7.37. The molecular formula is C33H41F2N3. The molecule has 0 fully saturated rings. The van der Waals surface area contributed by atoms with Crippen LogP contribution in [0.3, 0.4) is 0 Å². The lowest BCUT2D eigenvalue weighted by atomic mass is 9.98. The van der Waals surface area contributed by atoms with Gasteiger partial charge in [-0.2, -0.15) is 0 Å². The van der Waals surface area contributed by atoms with Crippen molar-refractivity contribution in [2.45, 2.75) is 66.3 Å². The topological polar surface area (TPSA) is 28.0 Å². The predicted octanol–water partition coefficient (Wildman–Crippen LogP) is 9.00. The van der Waals surface area contributed by atoms with Crippen LogP contribution in [0.4, 0.5) is 8.78 Å². The van der Waals surface area contributed by atoms with E-state index in [1.807, 2.05) is 33.0 Å². The van der Waals surface area contributed by atoms with Crippen LogP contribution in [0.15, 0.2) is 93.7 Å². The van der Waals surface area contributed by atoms with Gasteiger partial charge >= 0.3 is 0 Å². The van der Waals surface area contributed by atoms with Gasteiger partial charge in [-0.25, -0.2) is 18.8 Å². The number of fused-ring (bicyclic) bond motifs is 1. The standard InChI is InChI=1S/C31H35F2N3.C2H6/c1-4-5-7-28(27(18-32)19-33)31-34-29-8-6-17-36(21-30(29)35-31)20-23-9-11-25(12-10-23)26-15-13-24(14-16-26)22(2)3;1-2/h5,7,9-16,21-22H,4,6,8,17-20H2,1-3H3;1-2H3/b7-5-;. The number of benzene rings is 2. The second kappa shape index (κ2) is 14.6. The second-order valence-electron chi connectivity index (χ2n) is 9.65. The summed E-state index contributed by atoms with van der Waals surface area (Å²) in [6, 6.07) is 17.5. The summed E-state index contributed by atoms with van der Waals surface area (Å²) in [5, 5.41) is 0. The molecule has 0 radical (unpaired) electrons. The van der Waals surface area contributed by atoms with E-state index in [1.165, 1.54) is 22.3 Å². The van der Waals surface area contributed by atoms with Gasteiger partial charge in [-0.3, -0.25) is 0 Å². The zero-order valence-electron chi connectivity index (χ0n) is 23.5. The minimum atomic E-state index is -0.840. The van der Waals surface area contributed by atoms with Gasteiger partial charge < -0.3 is 4.90 Å². The first-order valence-electron chi connectivity index (χ1n) is 13.8. The van der Waals surface area contributed by atoms with Gasteiger partial charge in [0.2, 0.25) is 0 Å². The molecule has 0 bridgehead atoms. The molecule has 0 saturated carbocycles. The van der Waals surface area contributed by atoms with Crippen LogP contribution in [-0.2, 0) is 6.54 Å². The normalized spacial score (nSPS) is 14.8. The number of alkyl halides is 2. The lowest BCUT2D eigenvalue weighted by Crippen LogP contribution is -2.17. The third-order valence-electron chi connectivity index (χ3n) is 6.64. The van der Waals surface area contributed by atoms with E-state index >= 15 is 0 Å². The fourth-order valence-corrected chi connectivity index (χ4v) is 4.47. The van der Waals surface area contributed by atoms with Crippen molar-refractivity contribution in [2.24, 2.45) is 9.98 Å². The van der Waals surface area contributed by atoms with Gasteiger partial charge in [0.25, 0.3) is 0 Å². The monoisotopic (exact) mass is 517 g/mol. The van der Waals surface area contributed by atoms with E-state index in [0.717, 1.165) is 43.8 Å². The van der Waals surface area contributed by atoms with Crippen LogP contribution in [0.5, 0.6) is 0 Å². The summed E-state index contributed by atoms with van der Waals surface area (Å²) >= 11 is 0. The number of rotatable bonds is 9. The van der Waals surface area contributed by atoms with E-state index < -0.39 is 13.3 Å². The van der Waals surface area contributed by atoms with E-state index in [-0.39, 0.29) is 5.57 Å². The highest BCUT2D eigenvalue weighted by atomic mass is 19.1. The quantitative estimate of drug-likeness (QED) is 0.305. The smallest absolute Gasteiger partial charge is 0.160 e. The van der Waals surface area contributed by atoms with Crippen LogP contribution in [0, 0.1) is 0 Å². The van der Waals surface area contributed by atoms with Crippen LogP contribution < -0.4 is 0 Å². The molecule has 202 valence electrons. The number of hydrogen-bond donors (Lipinski definition) is 0. The average Bonchev–Trinajstić information content (AvgIpc) is 3.24. The first-order valence-corrected chi connectivity index (χ1v) is 13.8. The van der Waals surface area contributed by atoms with E-state index in [2.05, 4.69) is 72.3 Å². The van der Waals surface area contributed by atoms with Gasteiger partial charge in [0.1, 0.15) is 19.0 Å². The molecule has 0 aromatic heterocycles. The summed E-state index contributed by atoms with van der Waals surface area (Å²) in [5.74, 6) is 0.945. The summed E-state index contributed by atoms with van der Waals surface area (Å²) in [5.41, 5.74) is 7.25. The number of aliphatic imine (C=N–C) groups is 2. The molecule has 0 N–H and O–H groups in total. The van der Waals surface area contributed by atoms with Crippen LogP contribution in [0.1, 0.15) is 70.9 Å². The lowest BCUT2D eigenvalue weighted by Gasteiger charge is -2.19. The van der Waals surface area contributed by atoms with Gasteiger partial charge in [0, 0.05) is 30.4 Å². The maximum Gasteiger partial charge on any atom is 0.160 e. The van der Waals surface area contributed by atoms with E-state index in [0.29, 0.717) is 17.3 Å². The molecule has 5 heteroatoms. The average molecular weight is 518 g/mol. The Kier molecular flexibility index (Phi) is 11.2. The number of nitrogens with zero attached hydrogens (tertiary/aromatic N) is 3. The SMILES string of the molecule is CC.CC/C=C\C(C1=NC2=CN(Cc3ccc(-c4ccc(C(C)C)cc4)cc3)CCCC2=N1)=C(CF)CF. The van der Waals surface area contributed by atoms with Crippen molar-refractivity contribution in [1.82, 2.24) is 4.90 Å².